The Bertz CT molecular complexity index is 278. The molecule has 1 amide bonds. The molecule has 0 atom stereocenters. The summed E-state index contributed by atoms with van der Waals surface area (Å²) in [4.78, 5) is 12.2. The zero-order valence-electron chi connectivity index (χ0n) is 11.7. The molecule has 0 aromatic carbocycles. The van der Waals surface area contributed by atoms with Crippen molar-refractivity contribution < 1.29 is 4.79 Å². The van der Waals surface area contributed by atoms with E-state index in [9.17, 15) is 4.79 Å². The van der Waals surface area contributed by atoms with Crippen molar-refractivity contribution in [3.05, 3.63) is 0 Å². The first-order valence-electron chi connectivity index (χ1n) is 7.65. The lowest BCUT2D eigenvalue weighted by Crippen LogP contribution is -2.53. The van der Waals surface area contributed by atoms with Gasteiger partial charge in [-0.15, -0.1) is 0 Å². The van der Waals surface area contributed by atoms with E-state index in [2.05, 4.69) is 12.2 Å². The third kappa shape index (κ3) is 3.05. The summed E-state index contributed by atoms with van der Waals surface area (Å²) in [7, 11) is 0. The maximum atomic E-state index is 12.2. The van der Waals surface area contributed by atoms with Crippen LogP contribution in [0.1, 0.15) is 58.3 Å². The number of hydrogen-bond donors (Lipinski definition) is 2. The molecule has 0 heterocycles. The fraction of sp³-hybridized carbons (Fsp3) is 0.933. The Kier molecular flexibility index (Phi) is 4.66. The number of carbonyl (C=O) groups excluding carboxylic acids is 1. The highest BCUT2D eigenvalue weighted by Crippen LogP contribution is 2.44. The van der Waals surface area contributed by atoms with E-state index >= 15 is 0 Å². The van der Waals surface area contributed by atoms with Crippen molar-refractivity contribution in [3.63, 3.8) is 0 Å². The summed E-state index contributed by atoms with van der Waals surface area (Å²) in [6.07, 6.45) is 9.96. The molecule has 0 aliphatic heterocycles. The number of carbonyl (C=O) groups is 1. The van der Waals surface area contributed by atoms with Gasteiger partial charge in [-0.2, -0.15) is 0 Å². The topological polar surface area (TPSA) is 55.1 Å². The Balaban J connectivity index is 1.68. The maximum Gasteiger partial charge on any atom is 0.227 e. The van der Waals surface area contributed by atoms with E-state index in [-0.39, 0.29) is 11.3 Å². The van der Waals surface area contributed by atoms with Gasteiger partial charge in [0, 0.05) is 13.1 Å². The third-order valence-electron chi connectivity index (χ3n) is 4.91. The molecule has 18 heavy (non-hydrogen) atoms. The van der Waals surface area contributed by atoms with E-state index in [0.29, 0.717) is 12.5 Å². The highest BCUT2D eigenvalue weighted by Gasteiger charge is 2.46. The van der Waals surface area contributed by atoms with Gasteiger partial charge in [0.25, 0.3) is 0 Å². The van der Waals surface area contributed by atoms with Crippen LogP contribution in [0.5, 0.6) is 0 Å². The highest BCUT2D eigenvalue weighted by atomic mass is 16.2. The average Bonchev–Trinajstić information content (AvgIpc) is 2.36. The SMILES string of the molecule is CC1CC(CN)(C(=O)NCCC2CCCCC2)C1. The van der Waals surface area contributed by atoms with Crippen molar-refractivity contribution in [2.45, 2.75) is 58.3 Å². The molecule has 2 aliphatic rings. The van der Waals surface area contributed by atoms with E-state index in [1.54, 1.807) is 0 Å². The van der Waals surface area contributed by atoms with Gasteiger partial charge in [0.15, 0.2) is 0 Å². The van der Waals surface area contributed by atoms with Gasteiger partial charge in [-0.1, -0.05) is 39.0 Å². The summed E-state index contributed by atoms with van der Waals surface area (Å²) in [5.74, 6) is 1.71. The average molecular weight is 252 g/mol. The second-order valence-electron chi connectivity index (χ2n) is 6.55. The smallest absolute Gasteiger partial charge is 0.227 e. The van der Waals surface area contributed by atoms with Gasteiger partial charge in [0.1, 0.15) is 0 Å². The van der Waals surface area contributed by atoms with Gasteiger partial charge in [-0.25, -0.2) is 0 Å². The van der Waals surface area contributed by atoms with Crippen LogP contribution in [-0.2, 0) is 4.79 Å². The molecule has 104 valence electrons. The van der Waals surface area contributed by atoms with Crippen LogP contribution in [0.4, 0.5) is 0 Å². The summed E-state index contributed by atoms with van der Waals surface area (Å²) < 4.78 is 0. The molecule has 3 nitrogen and oxygen atoms in total. The van der Waals surface area contributed by atoms with Crippen LogP contribution in [0.15, 0.2) is 0 Å². The molecule has 3 N–H and O–H groups in total. The van der Waals surface area contributed by atoms with Crippen LogP contribution in [0.3, 0.4) is 0 Å². The molecule has 2 fully saturated rings. The monoisotopic (exact) mass is 252 g/mol. The Labute approximate surface area is 111 Å². The predicted octanol–water partition coefficient (Wildman–Crippen LogP) is 2.45. The third-order valence-corrected chi connectivity index (χ3v) is 4.91. The highest BCUT2D eigenvalue weighted by molar-refractivity contribution is 5.83. The first-order valence-corrected chi connectivity index (χ1v) is 7.65. The van der Waals surface area contributed by atoms with E-state index in [1.165, 1.54) is 32.1 Å². The van der Waals surface area contributed by atoms with Crippen LogP contribution < -0.4 is 11.1 Å². The largest absolute Gasteiger partial charge is 0.356 e. The molecule has 2 rings (SSSR count). The standard InChI is InChI=1S/C15H28N2O/c1-12-9-15(10-12,11-16)14(18)17-8-7-13-5-3-2-4-6-13/h12-13H,2-11,16H2,1H3,(H,17,18). The Hall–Kier alpha value is -0.570. The van der Waals surface area contributed by atoms with Gasteiger partial charge in [0.2, 0.25) is 5.91 Å². The van der Waals surface area contributed by atoms with Crippen molar-refractivity contribution in [3.8, 4) is 0 Å². The lowest BCUT2D eigenvalue weighted by Gasteiger charge is -2.44. The molecule has 0 saturated heterocycles. The molecule has 0 aromatic heterocycles. The maximum absolute atomic E-state index is 12.2. The van der Waals surface area contributed by atoms with Gasteiger partial charge in [0.05, 0.1) is 5.41 Å². The Morgan fingerprint density at radius 2 is 1.94 bits per heavy atom. The molecule has 0 spiro atoms. The van der Waals surface area contributed by atoms with Gasteiger partial charge >= 0.3 is 0 Å². The van der Waals surface area contributed by atoms with Crippen molar-refractivity contribution in [2.75, 3.05) is 13.1 Å². The quantitative estimate of drug-likeness (QED) is 0.789. The minimum Gasteiger partial charge on any atom is -0.356 e. The van der Waals surface area contributed by atoms with Gasteiger partial charge in [-0.3, -0.25) is 4.79 Å². The zero-order valence-corrected chi connectivity index (χ0v) is 11.7. The number of rotatable bonds is 5. The lowest BCUT2D eigenvalue weighted by molar-refractivity contribution is -0.138. The molecule has 0 aromatic rings. The van der Waals surface area contributed by atoms with Crippen LogP contribution in [0, 0.1) is 17.3 Å². The van der Waals surface area contributed by atoms with Crippen LogP contribution >= 0.6 is 0 Å². The number of amides is 1. The molecular weight excluding hydrogens is 224 g/mol. The summed E-state index contributed by atoms with van der Waals surface area (Å²) in [6.45, 7) is 3.55. The molecule has 2 aliphatic carbocycles. The van der Waals surface area contributed by atoms with E-state index in [0.717, 1.165) is 31.7 Å². The van der Waals surface area contributed by atoms with Crippen LogP contribution in [0.25, 0.3) is 0 Å². The fourth-order valence-electron chi connectivity index (χ4n) is 3.77. The van der Waals surface area contributed by atoms with Crippen molar-refractivity contribution >= 4 is 5.91 Å². The molecular formula is C15H28N2O. The van der Waals surface area contributed by atoms with Gasteiger partial charge < -0.3 is 11.1 Å². The molecule has 0 bridgehead atoms. The summed E-state index contributed by atoms with van der Waals surface area (Å²) >= 11 is 0. The Morgan fingerprint density at radius 3 is 2.50 bits per heavy atom. The minimum absolute atomic E-state index is 0.207. The lowest BCUT2D eigenvalue weighted by atomic mass is 9.62. The second kappa shape index (κ2) is 6.05. The number of hydrogen-bond acceptors (Lipinski definition) is 2. The first-order chi connectivity index (χ1) is 8.66. The van der Waals surface area contributed by atoms with E-state index < -0.39 is 0 Å². The molecule has 2 saturated carbocycles. The minimum atomic E-state index is -0.230. The zero-order chi connectivity index (χ0) is 13.0. The predicted molar refractivity (Wildman–Crippen MR) is 74.1 cm³/mol. The number of nitrogens with two attached hydrogens (primary N) is 1. The molecule has 0 unspecified atom stereocenters. The van der Waals surface area contributed by atoms with E-state index in [4.69, 9.17) is 5.73 Å². The summed E-state index contributed by atoms with van der Waals surface area (Å²) in [5.41, 5.74) is 5.56. The van der Waals surface area contributed by atoms with Crippen LogP contribution in [0.2, 0.25) is 0 Å². The van der Waals surface area contributed by atoms with Crippen molar-refractivity contribution in [1.82, 2.24) is 5.32 Å². The van der Waals surface area contributed by atoms with E-state index in [1.807, 2.05) is 0 Å². The molecule has 3 heteroatoms. The normalized spacial score (nSPS) is 32.9. The Morgan fingerprint density at radius 1 is 1.28 bits per heavy atom. The first kappa shape index (κ1) is 13.9. The van der Waals surface area contributed by atoms with Crippen molar-refractivity contribution in [2.24, 2.45) is 23.0 Å². The van der Waals surface area contributed by atoms with Crippen LogP contribution in [-0.4, -0.2) is 19.0 Å². The molecule has 0 radical (unpaired) electrons. The van der Waals surface area contributed by atoms with Gasteiger partial charge in [-0.05, 0) is 31.1 Å². The summed E-state index contributed by atoms with van der Waals surface area (Å²) in [5, 5.41) is 3.13. The fourth-order valence-corrected chi connectivity index (χ4v) is 3.77. The second-order valence-corrected chi connectivity index (χ2v) is 6.55. The van der Waals surface area contributed by atoms with Crippen molar-refractivity contribution in [1.29, 1.82) is 0 Å². The summed E-state index contributed by atoms with van der Waals surface area (Å²) in [6, 6.07) is 0. The number of nitrogens with one attached hydrogen (secondary N) is 1.